The Hall–Kier alpha value is -1.06. The van der Waals surface area contributed by atoms with E-state index in [1.807, 2.05) is 34.6 Å². The Morgan fingerprint density at radius 3 is 2.00 bits per heavy atom. The third kappa shape index (κ3) is 3.83. The minimum Gasteiger partial charge on any atom is -0.465 e. The van der Waals surface area contributed by atoms with Gasteiger partial charge in [0.1, 0.15) is 0 Å². The van der Waals surface area contributed by atoms with Crippen molar-refractivity contribution < 1.29 is 14.7 Å². The number of nitrogens with zero attached hydrogens (tertiary/aromatic N) is 1. The largest absolute Gasteiger partial charge is 0.465 e. The minimum atomic E-state index is -1.02. The lowest BCUT2D eigenvalue weighted by Crippen LogP contribution is -2.53. The van der Waals surface area contributed by atoms with Crippen molar-refractivity contribution in [1.29, 1.82) is 0 Å². The fourth-order valence-electron chi connectivity index (χ4n) is 1.86. The Morgan fingerprint density at radius 2 is 1.75 bits per heavy atom. The van der Waals surface area contributed by atoms with Crippen LogP contribution in [-0.2, 0) is 4.79 Å². The zero-order valence-corrected chi connectivity index (χ0v) is 10.9. The zero-order chi connectivity index (χ0) is 12.9. The Morgan fingerprint density at radius 1 is 1.25 bits per heavy atom. The van der Waals surface area contributed by atoms with E-state index in [2.05, 4.69) is 0 Å². The van der Waals surface area contributed by atoms with Crippen LogP contribution in [0.15, 0.2) is 0 Å². The number of ketones is 1. The van der Waals surface area contributed by atoms with E-state index in [0.29, 0.717) is 12.8 Å². The van der Waals surface area contributed by atoms with Gasteiger partial charge in [-0.15, -0.1) is 0 Å². The Kier molecular flexibility index (Phi) is 5.48. The SMILES string of the molecule is CCCC(=O)[C@H](CC)N(C(=O)O)C(C)(C)C. The smallest absolute Gasteiger partial charge is 0.408 e. The highest BCUT2D eigenvalue weighted by molar-refractivity contribution is 5.87. The van der Waals surface area contributed by atoms with Gasteiger partial charge in [-0.1, -0.05) is 13.8 Å². The van der Waals surface area contributed by atoms with Crippen molar-refractivity contribution in [3.63, 3.8) is 0 Å². The van der Waals surface area contributed by atoms with Gasteiger partial charge in [0.05, 0.1) is 6.04 Å². The monoisotopic (exact) mass is 229 g/mol. The van der Waals surface area contributed by atoms with Crippen molar-refractivity contribution in [2.24, 2.45) is 0 Å². The molecule has 1 atom stereocenters. The maximum atomic E-state index is 11.9. The van der Waals surface area contributed by atoms with Crippen molar-refractivity contribution in [3.05, 3.63) is 0 Å². The molecule has 0 aliphatic carbocycles. The molecule has 0 aromatic rings. The second-order valence-corrected chi connectivity index (χ2v) is 4.96. The van der Waals surface area contributed by atoms with Crippen LogP contribution in [0.2, 0.25) is 0 Å². The van der Waals surface area contributed by atoms with Crippen LogP contribution < -0.4 is 0 Å². The van der Waals surface area contributed by atoms with E-state index < -0.39 is 17.7 Å². The quantitative estimate of drug-likeness (QED) is 0.788. The molecule has 0 saturated carbocycles. The van der Waals surface area contributed by atoms with Gasteiger partial charge in [0, 0.05) is 12.0 Å². The number of carbonyl (C=O) groups is 2. The second kappa shape index (κ2) is 5.87. The summed E-state index contributed by atoms with van der Waals surface area (Å²) >= 11 is 0. The topological polar surface area (TPSA) is 57.6 Å². The molecule has 0 unspecified atom stereocenters. The van der Waals surface area contributed by atoms with Gasteiger partial charge in [0.25, 0.3) is 0 Å². The maximum Gasteiger partial charge on any atom is 0.408 e. The molecule has 0 aliphatic rings. The van der Waals surface area contributed by atoms with Gasteiger partial charge in [-0.25, -0.2) is 4.79 Å². The average Bonchev–Trinajstić information content (AvgIpc) is 2.11. The standard InChI is InChI=1S/C12H23NO3/c1-6-8-10(14)9(7-2)13(11(15)16)12(3,4)5/h9H,6-8H2,1-5H3,(H,15,16)/t9-/m0/s1. The number of carboxylic acid groups (broad SMARTS) is 1. The van der Waals surface area contributed by atoms with Crippen LogP contribution in [0.5, 0.6) is 0 Å². The van der Waals surface area contributed by atoms with E-state index in [-0.39, 0.29) is 5.78 Å². The number of Topliss-reactive ketones (excluding diaryl/α,β-unsaturated/α-hetero) is 1. The molecule has 1 N–H and O–H groups in total. The van der Waals surface area contributed by atoms with Crippen LogP contribution in [0.25, 0.3) is 0 Å². The number of hydrogen-bond donors (Lipinski definition) is 1. The summed E-state index contributed by atoms with van der Waals surface area (Å²) in [7, 11) is 0. The Balaban J connectivity index is 5.01. The van der Waals surface area contributed by atoms with Crippen LogP contribution in [-0.4, -0.2) is 33.5 Å². The molecule has 0 fully saturated rings. The molecule has 4 nitrogen and oxygen atoms in total. The van der Waals surface area contributed by atoms with Crippen molar-refractivity contribution in [2.45, 2.75) is 65.5 Å². The minimum absolute atomic E-state index is 0.0160. The summed E-state index contributed by atoms with van der Waals surface area (Å²) in [4.78, 5) is 24.4. The average molecular weight is 229 g/mol. The molecule has 0 heterocycles. The predicted molar refractivity (Wildman–Crippen MR) is 63.6 cm³/mol. The highest BCUT2D eigenvalue weighted by atomic mass is 16.4. The highest BCUT2D eigenvalue weighted by Gasteiger charge is 2.35. The first-order chi connectivity index (χ1) is 7.25. The first kappa shape index (κ1) is 14.9. The van der Waals surface area contributed by atoms with Crippen LogP contribution in [0.1, 0.15) is 53.9 Å². The van der Waals surface area contributed by atoms with Gasteiger partial charge in [-0.2, -0.15) is 0 Å². The van der Waals surface area contributed by atoms with Crippen LogP contribution in [0, 0.1) is 0 Å². The number of hydrogen-bond acceptors (Lipinski definition) is 2. The summed E-state index contributed by atoms with van der Waals surface area (Å²) in [5.41, 5.74) is -0.546. The summed E-state index contributed by atoms with van der Waals surface area (Å²) < 4.78 is 0. The van der Waals surface area contributed by atoms with E-state index in [1.165, 1.54) is 4.90 Å². The summed E-state index contributed by atoms with van der Waals surface area (Å²) in [6.07, 6.45) is 0.706. The lowest BCUT2D eigenvalue weighted by atomic mass is 9.97. The van der Waals surface area contributed by atoms with E-state index in [1.54, 1.807) is 0 Å². The van der Waals surface area contributed by atoms with Crippen molar-refractivity contribution in [1.82, 2.24) is 4.90 Å². The third-order valence-electron chi connectivity index (χ3n) is 2.50. The first-order valence-electron chi connectivity index (χ1n) is 5.80. The van der Waals surface area contributed by atoms with Crippen LogP contribution in [0.3, 0.4) is 0 Å². The van der Waals surface area contributed by atoms with E-state index in [0.717, 1.165) is 6.42 Å². The van der Waals surface area contributed by atoms with E-state index in [4.69, 9.17) is 0 Å². The van der Waals surface area contributed by atoms with Crippen molar-refractivity contribution in [3.8, 4) is 0 Å². The third-order valence-corrected chi connectivity index (χ3v) is 2.50. The van der Waals surface area contributed by atoms with Gasteiger partial charge in [-0.05, 0) is 33.6 Å². The van der Waals surface area contributed by atoms with Gasteiger partial charge in [-0.3, -0.25) is 9.69 Å². The fraction of sp³-hybridized carbons (Fsp3) is 0.833. The zero-order valence-electron chi connectivity index (χ0n) is 10.9. The highest BCUT2D eigenvalue weighted by Crippen LogP contribution is 2.21. The molecular formula is C12H23NO3. The lowest BCUT2D eigenvalue weighted by Gasteiger charge is -2.38. The van der Waals surface area contributed by atoms with Gasteiger partial charge in [0.15, 0.2) is 5.78 Å². The number of carbonyl (C=O) groups excluding carboxylic acids is 1. The van der Waals surface area contributed by atoms with Gasteiger partial charge >= 0.3 is 6.09 Å². The summed E-state index contributed by atoms with van der Waals surface area (Å²) in [6, 6.07) is -0.516. The Labute approximate surface area is 97.6 Å². The number of rotatable bonds is 5. The molecule has 0 aromatic heterocycles. The predicted octanol–water partition coefficient (Wildman–Crippen LogP) is 2.91. The fourth-order valence-corrected chi connectivity index (χ4v) is 1.86. The second-order valence-electron chi connectivity index (χ2n) is 4.96. The summed E-state index contributed by atoms with van der Waals surface area (Å²) in [5, 5.41) is 9.20. The van der Waals surface area contributed by atoms with Crippen LogP contribution >= 0.6 is 0 Å². The molecule has 0 rings (SSSR count). The molecule has 4 heteroatoms. The van der Waals surface area contributed by atoms with Crippen LogP contribution in [0.4, 0.5) is 4.79 Å². The van der Waals surface area contributed by atoms with E-state index >= 15 is 0 Å². The summed E-state index contributed by atoms with van der Waals surface area (Å²) in [6.45, 7) is 9.20. The molecule has 0 aromatic carbocycles. The maximum absolute atomic E-state index is 11.9. The number of amides is 1. The van der Waals surface area contributed by atoms with E-state index in [9.17, 15) is 14.7 Å². The van der Waals surface area contributed by atoms with Crippen molar-refractivity contribution in [2.75, 3.05) is 0 Å². The van der Waals surface area contributed by atoms with Crippen molar-refractivity contribution >= 4 is 11.9 Å². The first-order valence-corrected chi connectivity index (χ1v) is 5.80. The lowest BCUT2D eigenvalue weighted by molar-refractivity contribution is -0.125. The van der Waals surface area contributed by atoms with Gasteiger partial charge < -0.3 is 5.11 Å². The molecule has 16 heavy (non-hydrogen) atoms. The summed E-state index contributed by atoms with van der Waals surface area (Å²) in [5.74, 6) is 0.0160. The molecular weight excluding hydrogens is 206 g/mol. The molecule has 94 valence electrons. The molecule has 0 aliphatic heterocycles. The Bertz CT molecular complexity index is 255. The molecule has 1 amide bonds. The normalized spacial score (nSPS) is 13.3. The molecule has 0 spiro atoms. The van der Waals surface area contributed by atoms with Gasteiger partial charge in [0.2, 0.25) is 0 Å². The molecule has 0 bridgehead atoms. The molecule has 0 radical (unpaired) electrons. The molecule has 0 saturated heterocycles.